The number of hydrogen-bond donors (Lipinski definition) is 1. The van der Waals surface area contributed by atoms with Crippen molar-refractivity contribution in [2.24, 2.45) is 0 Å². The maximum absolute atomic E-state index is 3.64. The van der Waals surface area contributed by atoms with Gasteiger partial charge in [0.15, 0.2) is 0 Å². The summed E-state index contributed by atoms with van der Waals surface area (Å²) in [7, 11) is 4.51. The van der Waals surface area contributed by atoms with Gasteiger partial charge in [0.1, 0.15) is 0 Å². The van der Waals surface area contributed by atoms with Crippen molar-refractivity contribution in [2.75, 3.05) is 14.1 Å². The van der Waals surface area contributed by atoms with Gasteiger partial charge in [-0.1, -0.05) is 58.3 Å². The fraction of sp³-hybridized carbons (Fsp3) is 1.00. The highest BCUT2D eigenvalue weighted by atomic mass is 15.2. The zero-order valence-electron chi connectivity index (χ0n) is 15.4. The SMILES string of the molecule is CCC(C)(C)N(C)C1CCCCCCCCCCC1NC. The summed E-state index contributed by atoms with van der Waals surface area (Å²) in [6.07, 6.45) is 15.3. The second-order valence-corrected chi connectivity index (χ2v) is 7.65. The lowest BCUT2D eigenvalue weighted by molar-refractivity contribution is 0.0657. The fourth-order valence-corrected chi connectivity index (χ4v) is 3.67. The summed E-state index contributed by atoms with van der Waals surface area (Å²) in [6.45, 7) is 7.12. The fourth-order valence-electron chi connectivity index (χ4n) is 3.67. The van der Waals surface area contributed by atoms with Gasteiger partial charge >= 0.3 is 0 Å². The molecule has 0 bridgehead atoms. The Morgan fingerprint density at radius 2 is 1.38 bits per heavy atom. The lowest BCUT2D eigenvalue weighted by Crippen LogP contribution is -2.55. The molecule has 1 aliphatic carbocycles. The molecule has 0 radical (unpaired) electrons. The third-order valence-corrected chi connectivity index (χ3v) is 5.92. The first-order valence-electron chi connectivity index (χ1n) is 9.43. The first-order chi connectivity index (χ1) is 10.0. The van der Waals surface area contributed by atoms with E-state index in [1.54, 1.807) is 0 Å². The zero-order valence-corrected chi connectivity index (χ0v) is 15.4. The van der Waals surface area contributed by atoms with E-state index >= 15 is 0 Å². The summed E-state index contributed by atoms with van der Waals surface area (Å²) in [4.78, 5) is 2.67. The van der Waals surface area contributed by atoms with Crippen molar-refractivity contribution in [1.82, 2.24) is 10.2 Å². The smallest absolute Gasteiger partial charge is 0.0251 e. The van der Waals surface area contributed by atoms with E-state index in [-0.39, 0.29) is 0 Å². The van der Waals surface area contributed by atoms with Crippen LogP contribution in [0.25, 0.3) is 0 Å². The maximum atomic E-state index is 3.64. The minimum Gasteiger partial charge on any atom is -0.315 e. The lowest BCUT2D eigenvalue weighted by atomic mass is 9.89. The van der Waals surface area contributed by atoms with E-state index in [1.807, 2.05) is 0 Å². The molecular weight excluding hydrogens is 256 g/mol. The van der Waals surface area contributed by atoms with Gasteiger partial charge in [0.2, 0.25) is 0 Å². The number of nitrogens with one attached hydrogen (secondary N) is 1. The molecule has 126 valence electrons. The highest BCUT2D eigenvalue weighted by molar-refractivity contribution is 4.90. The molecule has 0 spiro atoms. The van der Waals surface area contributed by atoms with Crippen LogP contribution in [0.5, 0.6) is 0 Å². The van der Waals surface area contributed by atoms with Crippen LogP contribution in [0.3, 0.4) is 0 Å². The molecular formula is C19H40N2. The largest absolute Gasteiger partial charge is 0.315 e. The van der Waals surface area contributed by atoms with Gasteiger partial charge in [-0.2, -0.15) is 0 Å². The van der Waals surface area contributed by atoms with Gasteiger partial charge in [-0.15, -0.1) is 0 Å². The Labute approximate surface area is 134 Å². The van der Waals surface area contributed by atoms with E-state index in [0.717, 1.165) is 0 Å². The van der Waals surface area contributed by atoms with Crippen LogP contribution in [0.4, 0.5) is 0 Å². The zero-order chi connectivity index (χ0) is 15.7. The van der Waals surface area contributed by atoms with Gasteiger partial charge in [0.25, 0.3) is 0 Å². The van der Waals surface area contributed by atoms with E-state index in [0.29, 0.717) is 17.6 Å². The van der Waals surface area contributed by atoms with E-state index < -0.39 is 0 Å². The van der Waals surface area contributed by atoms with Gasteiger partial charge in [-0.05, 0) is 47.2 Å². The Morgan fingerprint density at radius 3 is 1.86 bits per heavy atom. The van der Waals surface area contributed by atoms with Crippen molar-refractivity contribution in [1.29, 1.82) is 0 Å². The average molecular weight is 297 g/mol. The van der Waals surface area contributed by atoms with Crippen molar-refractivity contribution < 1.29 is 0 Å². The number of nitrogens with zero attached hydrogens (tertiary/aromatic N) is 1. The molecule has 1 saturated carbocycles. The highest BCUT2D eigenvalue weighted by Crippen LogP contribution is 2.26. The third kappa shape index (κ3) is 6.28. The molecule has 0 aromatic heterocycles. The minimum absolute atomic E-state index is 0.302. The Balaban J connectivity index is 2.74. The van der Waals surface area contributed by atoms with E-state index in [1.165, 1.54) is 70.6 Å². The van der Waals surface area contributed by atoms with Crippen molar-refractivity contribution in [2.45, 2.75) is 109 Å². The molecule has 2 unspecified atom stereocenters. The second-order valence-electron chi connectivity index (χ2n) is 7.65. The molecule has 0 aromatic rings. The lowest BCUT2D eigenvalue weighted by Gasteiger charge is -2.44. The molecule has 0 heterocycles. The standard InChI is InChI=1S/C19H40N2/c1-6-19(2,3)21(5)18-16-14-12-10-8-7-9-11-13-15-17(18)20-4/h17-18,20H,6-16H2,1-5H3. The molecule has 1 rings (SSSR count). The Hall–Kier alpha value is -0.0800. The monoisotopic (exact) mass is 296 g/mol. The number of hydrogen-bond acceptors (Lipinski definition) is 2. The van der Waals surface area contributed by atoms with Crippen LogP contribution in [0.2, 0.25) is 0 Å². The second kappa shape index (κ2) is 9.84. The number of rotatable bonds is 4. The molecule has 1 fully saturated rings. The van der Waals surface area contributed by atoms with Crippen molar-refractivity contribution in [3.8, 4) is 0 Å². The van der Waals surface area contributed by atoms with Gasteiger partial charge in [0.05, 0.1) is 0 Å². The normalized spacial score (nSPS) is 27.1. The highest BCUT2D eigenvalue weighted by Gasteiger charge is 2.31. The Bertz CT molecular complexity index is 262. The first-order valence-corrected chi connectivity index (χ1v) is 9.43. The molecule has 1 aliphatic rings. The summed E-state index contributed by atoms with van der Waals surface area (Å²) in [5, 5.41) is 3.64. The maximum Gasteiger partial charge on any atom is 0.0251 e. The Kier molecular flexibility index (Phi) is 8.89. The van der Waals surface area contributed by atoms with E-state index in [4.69, 9.17) is 0 Å². The summed E-state index contributed by atoms with van der Waals surface area (Å²) < 4.78 is 0. The van der Waals surface area contributed by atoms with Crippen LogP contribution in [0.15, 0.2) is 0 Å². The summed E-state index contributed by atoms with van der Waals surface area (Å²) in [6, 6.07) is 1.34. The molecule has 0 aliphatic heterocycles. The first kappa shape index (κ1) is 19.0. The summed E-state index contributed by atoms with van der Waals surface area (Å²) in [5.74, 6) is 0. The van der Waals surface area contributed by atoms with Crippen LogP contribution in [-0.2, 0) is 0 Å². The van der Waals surface area contributed by atoms with E-state index in [9.17, 15) is 0 Å². The van der Waals surface area contributed by atoms with Crippen LogP contribution in [0, 0.1) is 0 Å². The van der Waals surface area contributed by atoms with Crippen LogP contribution >= 0.6 is 0 Å². The summed E-state index contributed by atoms with van der Waals surface area (Å²) in [5.41, 5.74) is 0.302. The van der Waals surface area contributed by atoms with Crippen LogP contribution in [0.1, 0.15) is 91.4 Å². The molecule has 1 N–H and O–H groups in total. The molecule has 0 aromatic carbocycles. The topological polar surface area (TPSA) is 15.3 Å². The van der Waals surface area contributed by atoms with Crippen LogP contribution in [-0.4, -0.2) is 36.6 Å². The molecule has 2 atom stereocenters. The molecule has 2 nitrogen and oxygen atoms in total. The van der Waals surface area contributed by atoms with Gasteiger partial charge in [-0.3, -0.25) is 4.90 Å². The van der Waals surface area contributed by atoms with Crippen molar-refractivity contribution >= 4 is 0 Å². The van der Waals surface area contributed by atoms with Crippen LogP contribution < -0.4 is 5.32 Å². The third-order valence-electron chi connectivity index (χ3n) is 5.92. The quantitative estimate of drug-likeness (QED) is 0.787. The molecule has 2 heteroatoms. The predicted molar refractivity (Wildman–Crippen MR) is 94.9 cm³/mol. The molecule has 0 amide bonds. The van der Waals surface area contributed by atoms with Gasteiger partial charge < -0.3 is 5.32 Å². The Morgan fingerprint density at radius 1 is 0.905 bits per heavy atom. The van der Waals surface area contributed by atoms with E-state index in [2.05, 4.69) is 45.1 Å². The van der Waals surface area contributed by atoms with Gasteiger partial charge in [0, 0.05) is 17.6 Å². The molecule has 21 heavy (non-hydrogen) atoms. The van der Waals surface area contributed by atoms with Crippen molar-refractivity contribution in [3.05, 3.63) is 0 Å². The number of likely N-dealkylation sites (N-methyl/N-ethyl adjacent to an activating group) is 2. The summed E-state index contributed by atoms with van der Waals surface area (Å²) >= 11 is 0. The minimum atomic E-state index is 0.302. The predicted octanol–water partition coefficient (Wildman–Crippen LogP) is 4.98. The average Bonchev–Trinajstić information content (AvgIpc) is 2.47. The van der Waals surface area contributed by atoms with Crippen molar-refractivity contribution in [3.63, 3.8) is 0 Å². The molecule has 0 saturated heterocycles. The van der Waals surface area contributed by atoms with Gasteiger partial charge in [-0.25, -0.2) is 0 Å².